The molecule has 2 aromatic rings. The van der Waals surface area contributed by atoms with E-state index in [1.54, 1.807) is 12.1 Å². The van der Waals surface area contributed by atoms with Gasteiger partial charge in [-0.2, -0.15) is 0 Å². The Kier molecular flexibility index (Phi) is 5.09. The first-order chi connectivity index (χ1) is 10.6. The van der Waals surface area contributed by atoms with Gasteiger partial charge in [0.1, 0.15) is 0 Å². The highest BCUT2D eigenvalue weighted by Gasteiger charge is 2.13. The van der Waals surface area contributed by atoms with Gasteiger partial charge in [0.05, 0.1) is 18.4 Å². The molecule has 0 aromatic heterocycles. The SMILES string of the molecule is COC(=O)c1cc(C=Cc2ccccc2)ccc1NC(C)=O. The first-order valence-corrected chi connectivity index (χ1v) is 6.83. The normalized spacial score (nSPS) is 10.5. The molecule has 1 amide bonds. The molecule has 2 rings (SSSR count). The average Bonchev–Trinajstić information content (AvgIpc) is 2.53. The molecular formula is C18H17NO3. The second kappa shape index (κ2) is 7.22. The minimum atomic E-state index is -0.487. The van der Waals surface area contributed by atoms with Gasteiger partial charge in [-0.1, -0.05) is 48.6 Å². The molecule has 4 nitrogen and oxygen atoms in total. The third-order valence-electron chi connectivity index (χ3n) is 3.03. The Balaban J connectivity index is 2.32. The first-order valence-electron chi connectivity index (χ1n) is 6.83. The van der Waals surface area contributed by atoms with Gasteiger partial charge in [0.15, 0.2) is 0 Å². The topological polar surface area (TPSA) is 55.4 Å². The van der Waals surface area contributed by atoms with Crippen LogP contribution in [0.25, 0.3) is 12.2 Å². The zero-order valence-electron chi connectivity index (χ0n) is 12.5. The Bertz CT molecular complexity index is 706. The summed E-state index contributed by atoms with van der Waals surface area (Å²) in [5.41, 5.74) is 2.68. The lowest BCUT2D eigenvalue weighted by Crippen LogP contribution is -2.12. The molecule has 0 aliphatic rings. The Morgan fingerprint density at radius 2 is 1.68 bits per heavy atom. The molecule has 4 heteroatoms. The highest BCUT2D eigenvalue weighted by Crippen LogP contribution is 2.20. The van der Waals surface area contributed by atoms with E-state index in [0.29, 0.717) is 11.3 Å². The quantitative estimate of drug-likeness (QED) is 0.692. The van der Waals surface area contributed by atoms with Crippen LogP contribution < -0.4 is 5.32 Å². The van der Waals surface area contributed by atoms with Crippen molar-refractivity contribution in [2.45, 2.75) is 6.92 Å². The molecule has 0 spiro atoms. The fourth-order valence-electron chi connectivity index (χ4n) is 2.00. The number of carbonyl (C=O) groups excluding carboxylic acids is 2. The second-order valence-corrected chi connectivity index (χ2v) is 4.72. The molecule has 0 aliphatic carbocycles. The standard InChI is InChI=1S/C18H17NO3/c1-13(20)19-17-11-10-15(12-16(17)18(21)22-2)9-8-14-6-4-3-5-7-14/h3-12H,1-2H3,(H,19,20). The van der Waals surface area contributed by atoms with Crippen LogP contribution in [0, 0.1) is 0 Å². The number of carbonyl (C=O) groups is 2. The van der Waals surface area contributed by atoms with Crippen LogP contribution in [0.3, 0.4) is 0 Å². The minimum absolute atomic E-state index is 0.238. The van der Waals surface area contributed by atoms with Gasteiger partial charge in [0.25, 0.3) is 0 Å². The van der Waals surface area contributed by atoms with Crippen LogP contribution in [0.15, 0.2) is 48.5 Å². The zero-order valence-corrected chi connectivity index (χ0v) is 12.5. The fourth-order valence-corrected chi connectivity index (χ4v) is 2.00. The summed E-state index contributed by atoms with van der Waals surface area (Å²) in [6, 6.07) is 15.1. The van der Waals surface area contributed by atoms with Gasteiger partial charge in [-0.05, 0) is 23.3 Å². The number of anilines is 1. The number of amides is 1. The van der Waals surface area contributed by atoms with E-state index in [2.05, 4.69) is 5.32 Å². The van der Waals surface area contributed by atoms with E-state index in [4.69, 9.17) is 4.74 Å². The average molecular weight is 295 g/mol. The molecule has 2 aromatic carbocycles. The summed E-state index contributed by atoms with van der Waals surface area (Å²) in [6.07, 6.45) is 3.85. The molecule has 0 radical (unpaired) electrons. The third kappa shape index (κ3) is 4.06. The van der Waals surface area contributed by atoms with Gasteiger partial charge in [0, 0.05) is 6.92 Å². The van der Waals surface area contributed by atoms with Crippen LogP contribution in [-0.4, -0.2) is 19.0 Å². The van der Waals surface area contributed by atoms with Crippen molar-refractivity contribution in [1.82, 2.24) is 0 Å². The van der Waals surface area contributed by atoms with Crippen molar-refractivity contribution in [2.75, 3.05) is 12.4 Å². The predicted molar refractivity (Wildman–Crippen MR) is 87.5 cm³/mol. The minimum Gasteiger partial charge on any atom is -0.465 e. The van der Waals surface area contributed by atoms with Gasteiger partial charge in [0.2, 0.25) is 5.91 Å². The molecule has 1 N–H and O–H groups in total. The molecule has 0 fully saturated rings. The number of nitrogens with one attached hydrogen (secondary N) is 1. The molecule has 0 aliphatic heterocycles. The summed E-state index contributed by atoms with van der Waals surface area (Å²) < 4.78 is 4.76. The van der Waals surface area contributed by atoms with Gasteiger partial charge in [-0.15, -0.1) is 0 Å². The van der Waals surface area contributed by atoms with E-state index in [1.807, 2.05) is 48.6 Å². The molecule has 0 saturated carbocycles. The van der Waals surface area contributed by atoms with Crippen LogP contribution in [0.4, 0.5) is 5.69 Å². The first kappa shape index (κ1) is 15.5. The maximum atomic E-state index is 11.8. The van der Waals surface area contributed by atoms with Crippen LogP contribution in [-0.2, 0) is 9.53 Å². The predicted octanol–water partition coefficient (Wildman–Crippen LogP) is 3.60. The second-order valence-electron chi connectivity index (χ2n) is 4.72. The zero-order chi connectivity index (χ0) is 15.9. The highest BCUT2D eigenvalue weighted by molar-refractivity contribution is 6.01. The van der Waals surface area contributed by atoms with Gasteiger partial charge in [-0.25, -0.2) is 4.79 Å². The monoisotopic (exact) mass is 295 g/mol. The van der Waals surface area contributed by atoms with Crippen molar-refractivity contribution in [3.05, 3.63) is 65.2 Å². The molecule has 0 bridgehead atoms. The van der Waals surface area contributed by atoms with Crippen molar-refractivity contribution in [1.29, 1.82) is 0 Å². The van der Waals surface area contributed by atoms with Crippen LogP contribution >= 0.6 is 0 Å². The van der Waals surface area contributed by atoms with E-state index >= 15 is 0 Å². The van der Waals surface area contributed by atoms with Crippen molar-refractivity contribution >= 4 is 29.7 Å². The molecule has 0 saturated heterocycles. The van der Waals surface area contributed by atoms with Gasteiger partial charge >= 0.3 is 5.97 Å². The summed E-state index contributed by atoms with van der Waals surface area (Å²) in [4.78, 5) is 23.0. The number of rotatable bonds is 4. The van der Waals surface area contributed by atoms with Gasteiger partial charge in [-0.3, -0.25) is 4.79 Å². The molecule has 22 heavy (non-hydrogen) atoms. The molecule has 112 valence electrons. The lowest BCUT2D eigenvalue weighted by molar-refractivity contribution is -0.114. The van der Waals surface area contributed by atoms with E-state index in [1.165, 1.54) is 14.0 Å². The lowest BCUT2D eigenvalue weighted by Gasteiger charge is -2.09. The lowest BCUT2D eigenvalue weighted by atomic mass is 10.1. The van der Waals surface area contributed by atoms with Gasteiger partial charge < -0.3 is 10.1 Å². The van der Waals surface area contributed by atoms with E-state index in [-0.39, 0.29) is 5.91 Å². The number of benzene rings is 2. The van der Waals surface area contributed by atoms with Crippen molar-refractivity contribution in [3.63, 3.8) is 0 Å². The largest absolute Gasteiger partial charge is 0.465 e. The summed E-state index contributed by atoms with van der Waals surface area (Å²) in [5.74, 6) is -0.726. The van der Waals surface area contributed by atoms with E-state index < -0.39 is 5.97 Å². The number of hydrogen-bond acceptors (Lipinski definition) is 3. The Hall–Kier alpha value is -2.88. The highest BCUT2D eigenvalue weighted by atomic mass is 16.5. The number of methoxy groups -OCH3 is 1. The van der Waals surface area contributed by atoms with E-state index in [0.717, 1.165) is 11.1 Å². The smallest absolute Gasteiger partial charge is 0.339 e. The number of esters is 1. The molecular weight excluding hydrogens is 278 g/mol. The maximum Gasteiger partial charge on any atom is 0.339 e. The third-order valence-corrected chi connectivity index (χ3v) is 3.03. The maximum absolute atomic E-state index is 11.8. The summed E-state index contributed by atoms with van der Waals surface area (Å²) in [5, 5.41) is 2.63. The van der Waals surface area contributed by atoms with Crippen LogP contribution in [0.5, 0.6) is 0 Å². The summed E-state index contributed by atoms with van der Waals surface area (Å²) >= 11 is 0. The molecule has 0 unspecified atom stereocenters. The van der Waals surface area contributed by atoms with Crippen molar-refractivity contribution in [2.24, 2.45) is 0 Å². The molecule has 0 atom stereocenters. The summed E-state index contributed by atoms with van der Waals surface area (Å²) in [7, 11) is 1.31. The van der Waals surface area contributed by atoms with Crippen LogP contribution in [0.2, 0.25) is 0 Å². The Morgan fingerprint density at radius 1 is 1.00 bits per heavy atom. The fraction of sp³-hybridized carbons (Fsp3) is 0.111. The Labute approximate surface area is 129 Å². The number of ether oxygens (including phenoxy) is 1. The Morgan fingerprint density at radius 3 is 2.32 bits per heavy atom. The molecule has 0 heterocycles. The van der Waals surface area contributed by atoms with Crippen molar-refractivity contribution in [3.8, 4) is 0 Å². The van der Waals surface area contributed by atoms with E-state index in [9.17, 15) is 9.59 Å². The summed E-state index contributed by atoms with van der Waals surface area (Å²) in [6.45, 7) is 1.39. The van der Waals surface area contributed by atoms with Crippen LogP contribution in [0.1, 0.15) is 28.4 Å². The number of hydrogen-bond donors (Lipinski definition) is 1. The van der Waals surface area contributed by atoms with Crippen molar-refractivity contribution < 1.29 is 14.3 Å².